The number of nitrogens with zero attached hydrogens (tertiary/aromatic N) is 2. The number of fused-ring (bicyclic) bond motifs is 3. The Hall–Kier alpha value is -3.33. The lowest BCUT2D eigenvalue weighted by molar-refractivity contribution is 0.0909. The third-order valence-corrected chi connectivity index (χ3v) is 11.5. The number of aromatic nitrogens is 2. The van der Waals surface area contributed by atoms with Crippen LogP contribution in [0.1, 0.15) is 30.1 Å². The molecule has 3 heterocycles. The van der Waals surface area contributed by atoms with E-state index in [0.717, 1.165) is 31.9 Å². The number of H-pyrrole nitrogens is 1. The van der Waals surface area contributed by atoms with Gasteiger partial charge in [-0.05, 0) is 61.8 Å². The third kappa shape index (κ3) is 5.68. The van der Waals surface area contributed by atoms with Gasteiger partial charge in [-0.2, -0.15) is 0 Å². The van der Waals surface area contributed by atoms with E-state index in [1.54, 1.807) is 12.1 Å². The summed E-state index contributed by atoms with van der Waals surface area (Å²) in [7, 11) is -9.34. The predicted octanol–water partition coefficient (Wildman–Crippen LogP) is 2.81. The Labute approximate surface area is 245 Å². The van der Waals surface area contributed by atoms with Gasteiger partial charge in [-0.15, -0.1) is 0 Å². The molecule has 2 N–H and O–H groups in total. The molecule has 0 radical (unpaired) electrons. The van der Waals surface area contributed by atoms with Gasteiger partial charge in [0.05, 0.1) is 26.6 Å². The second-order valence-electron chi connectivity index (χ2n) is 10.8. The number of likely N-dealkylation sites (N-methyl/N-ethyl adjacent to an activating group) is 1. The topological polar surface area (TPSA) is 163 Å². The van der Waals surface area contributed by atoms with Crippen LogP contribution in [-0.4, -0.2) is 90.5 Å². The number of amides is 1. The van der Waals surface area contributed by atoms with Crippen molar-refractivity contribution in [2.75, 3.05) is 38.4 Å². The molecule has 1 saturated heterocycles. The number of hydrogen-bond acceptors (Lipinski definition) is 9. The maximum atomic E-state index is 13.8. The molecule has 5 rings (SSSR count). The van der Waals surface area contributed by atoms with E-state index in [9.17, 15) is 30.0 Å². The van der Waals surface area contributed by atoms with Gasteiger partial charge >= 0.3 is 0 Å². The first-order chi connectivity index (χ1) is 19.6. The van der Waals surface area contributed by atoms with Crippen molar-refractivity contribution in [1.29, 1.82) is 0 Å². The number of likely N-dealkylation sites (tertiary alicyclic amines) is 1. The molecule has 0 aliphatic carbocycles. The monoisotopic (exact) mass is 632 g/mol. The number of carbonyl (C=O) groups excluding carboxylic acids is 1. The Bertz CT molecular complexity index is 2070. The molecule has 42 heavy (non-hydrogen) atoms. The summed E-state index contributed by atoms with van der Waals surface area (Å²) >= 11 is 0. The van der Waals surface area contributed by atoms with Crippen molar-refractivity contribution in [3.63, 3.8) is 0 Å². The Balaban J connectivity index is 1.87. The van der Waals surface area contributed by atoms with Crippen LogP contribution in [0.2, 0.25) is 0 Å². The molecule has 1 amide bonds. The highest BCUT2D eigenvalue weighted by atomic mass is 32.2. The summed E-state index contributed by atoms with van der Waals surface area (Å²) < 4.78 is 76.8. The first kappa shape index (κ1) is 30.1. The molecule has 4 aromatic rings. The molecule has 2 aromatic carbocycles. The first-order valence-corrected chi connectivity index (χ1v) is 18.7. The van der Waals surface area contributed by atoms with Gasteiger partial charge in [0.1, 0.15) is 10.5 Å². The van der Waals surface area contributed by atoms with Crippen LogP contribution >= 0.6 is 0 Å². The normalized spacial score (nSPS) is 17.1. The van der Waals surface area contributed by atoms with E-state index >= 15 is 0 Å². The number of rotatable bonds is 7. The van der Waals surface area contributed by atoms with Crippen LogP contribution in [0.25, 0.3) is 33.1 Å². The van der Waals surface area contributed by atoms with Crippen LogP contribution in [0.15, 0.2) is 57.3 Å². The van der Waals surface area contributed by atoms with E-state index < -0.39 is 35.4 Å². The summed E-state index contributed by atoms with van der Waals surface area (Å²) in [4.78, 5) is 22.9. The second kappa shape index (κ2) is 10.7. The van der Waals surface area contributed by atoms with Crippen molar-refractivity contribution < 1.29 is 30.0 Å². The third-order valence-electron chi connectivity index (χ3n) is 7.54. The molecule has 0 unspecified atom stereocenters. The summed E-state index contributed by atoms with van der Waals surface area (Å²) in [6.45, 7) is 3.03. The van der Waals surface area contributed by atoms with Crippen LogP contribution in [0.3, 0.4) is 0 Å². The maximum Gasteiger partial charge on any atom is 0.252 e. The van der Waals surface area contributed by atoms with Gasteiger partial charge in [0.15, 0.2) is 29.5 Å². The average Bonchev–Trinajstić information content (AvgIpc) is 3.29. The maximum absolute atomic E-state index is 13.8. The van der Waals surface area contributed by atoms with Gasteiger partial charge in [0.2, 0.25) is 0 Å². The number of aromatic amines is 1. The zero-order chi connectivity index (χ0) is 30.6. The molecule has 0 spiro atoms. The van der Waals surface area contributed by atoms with E-state index in [4.69, 9.17) is 0 Å². The first-order valence-electron chi connectivity index (χ1n) is 13.3. The van der Waals surface area contributed by atoms with Crippen molar-refractivity contribution in [2.45, 2.75) is 40.5 Å². The lowest BCUT2D eigenvalue weighted by Gasteiger charge is -2.30. The molecular weight excluding hydrogens is 601 g/mol. The minimum absolute atomic E-state index is 0.0638. The SMILES string of the molecule is CCS(=O)(=O)c1cccc(-c2cc(C(=O)N[C@@H]3CCCN(C)C3)c(S(C)(=O)=O)c3[nH]c4ncc(S(C)(=O)=O)cc4c23)c1. The fourth-order valence-corrected chi connectivity index (χ4v) is 8.05. The van der Waals surface area contributed by atoms with Crippen LogP contribution in [-0.2, 0) is 29.5 Å². The van der Waals surface area contributed by atoms with E-state index in [2.05, 4.69) is 20.2 Å². The largest absolute Gasteiger partial charge is 0.348 e. The Morgan fingerprint density at radius 2 is 1.79 bits per heavy atom. The fraction of sp³-hybridized carbons (Fsp3) is 0.357. The van der Waals surface area contributed by atoms with Crippen LogP contribution in [0.5, 0.6) is 0 Å². The van der Waals surface area contributed by atoms with Crippen LogP contribution < -0.4 is 5.32 Å². The number of hydrogen-bond donors (Lipinski definition) is 2. The second-order valence-corrected chi connectivity index (χ2v) is 17.0. The summed E-state index contributed by atoms with van der Waals surface area (Å²) in [5.74, 6) is -0.712. The number of benzene rings is 2. The van der Waals surface area contributed by atoms with Gasteiger partial charge in [-0.1, -0.05) is 19.1 Å². The minimum Gasteiger partial charge on any atom is -0.348 e. The van der Waals surface area contributed by atoms with Gasteiger partial charge in [-0.25, -0.2) is 30.2 Å². The standard InChI is InChI=1S/C28H32N4O7S3/c1-5-42(38,39)19-10-6-8-17(12-19)21-14-23(28(33)30-18-9-7-11-32(2)16-18)26(41(4,36)37)25-24(21)22-13-20(40(3,34)35)15-29-27(22)31-25/h6,8,10,12-15,18H,5,7,9,11,16H2,1-4H3,(H,29,31)(H,30,33)/t18-/m1/s1. The Kier molecular flexibility index (Phi) is 7.71. The highest BCUT2D eigenvalue weighted by Crippen LogP contribution is 2.40. The number of sulfone groups is 3. The molecule has 1 aliphatic heterocycles. The lowest BCUT2D eigenvalue weighted by atomic mass is 9.96. The molecule has 11 nitrogen and oxygen atoms in total. The molecule has 0 saturated carbocycles. The molecule has 14 heteroatoms. The average molecular weight is 633 g/mol. The summed E-state index contributed by atoms with van der Waals surface area (Å²) in [6, 6.07) is 8.82. The van der Waals surface area contributed by atoms with Gasteiger partial charge < -0.3 is 15.2 Å². The molecule has 2 aromatic heterocycles. The van der Waals surface area contributed by atoms with E-state index in [1.165, 1.54) is 37.4 Å². The number of pyridine rings is 1. The molecule has 1 atom stereocenters. The molecule has 0 bridgehead atoms. The van der Waals surface area contributed by atoms with Gasteiger partial charge in [-0.3, -0.25) is 4.79 Å². The number of nitrogens with one attached hydrogen (secondary N) is 2. The van der Waals surface area contributed by atoms with Crippen LogP contribution in [0.4, 0.5) is 0 Å². The van der Waals surface area contributed by atoms with E-state index in [1.807, 2.05) is 7.05 Å². The molecule has 1 fully saturated rings. The molecule has 1 aliphatic rings. The highest BCUT2D eigenvalue weighted by Gasteiger charge is 2.30. The van der Waals surface area contributed by atoms with Crippen molar-refractivity contribution in [3.8, 4) is 11.1 Å². The minimum atomic E-state index is -4.02. The summed E-state index contributed by atoms with van der Waals surface area (Å²) in [5.41, 5.74) is 0.957. The van der Waals surface area contributed by atoms with Gasteiger partial charge in [0, 0.05) is 42.1 Å². The van der Waals surface area contributed by atoms with Crippen molar-refractivity contribution in [3.05, 3.63) is 48.2 Å². The van der Waals surface area contributed by atoms with Crippen molar-refractivity contribution in [2.24, 2.45) is 0 Å². The molecular formula is C28H32N4O7S3. The highest BCUT2D eigenvalue weighted by molar-refractivity contribution is 7.91. The quantitative estimate of drug-likeness (QED) is 0.312. The zero-order valence-corrected chi connectivity index (χ0v) is 26.1. The predicted molar refractivity (Wildman–Crippen MR) is 161 cm³/mol. The molecule has 224 valence electrons. The number of piperidine rings is 1. The van der Waals surface area contributed by atoms with E-state index in [-0.39, 0.29) is 43.2 Å². The van der Waals surface area contributed by atoms with Crippen LogP contribution in [0, 0.1) is 0 Å². The van der Waals surface area contributed by atoms with Crippen molar-refractivity contribution in [1.82, 2.24) is 20.2 Å². The zero-order valence-electron chi connectivity index (χ0n) is 23.6. The smallest absolute Gasteiger partial charge is 0.252 e. The Morgan fingerprint density at radius 1 is 1.05 bits per heavy atom. The number of carbonyl (C=O) groups is 1. The fourth-order valence-electron chi connectivity index (χ4n) is 5.47. The Morgan fingerprint density at radius 3 is 2.43 bits per heavy atom. The van der Waals surface area contributed by atoms with E-state index in [0.29, 0.717) is 28.4 Å². The summed E-state index contributed by atoms with van der Waals surface area (Å²) in [5, 5.41) is 3.61. The summed E-state index contributed by atoms with van der Waals surface area (Å²) in [6.07, 6.45) is 4.83. The van der Waals surface area contributed by atoms with Crippen molar-refractivity contribution >= 4 is 57.4 Å². The lowest BCUT2D eigenvalue weighted by Crippen LogP contribution is -2.46. The van der Waals surface area contributed by atoms with Gasteiger partial charge in [0.25, 0.3) is 5.91 Å².